The molecule has 0 aliphatic carbocycles. The van der Waals surface area contributed by atoms with E-state index in [1.165, 1.54) is 39.2 Å². The molecule has 26 heavy (non-hydrogen) atoms. The summed E-state index contributed by atoms with van der Waals surface area (Å²) in [5, 5.41) is 42.7. The summed E-state index contributed by atoms with van der Waals surface area (Å²) in [5.41, 5.74) is 0. The van der Waals surface area contributed by atoms with Gasteiger partial charge in [-0.15, -0.1) is 0 Å². The molecule has 0 aromatic heterocycles. The second-order valence-corrected chi connectivity index (χ2v) is 7.28. The monoisotopic (exact) mass is 375 g/mol. The van der Waals surface area contributed by atoms with Crippen LogP contribution in [0.3, 0.4) is 0 Å². The van der Waals surface area contributed by atoms with Gasteiger partial charge in [-0.1, -0.05) is 58.3 Å². The molecule has 0 aromatic rings. The molecule has 5 N–H and O–H groups in total. The zero-order valence-corrected chi connectivity index (χ0v) is 16.2. The molecule has 7 nitrogen and oxygen atoms in total. The number of carbonyl (C=O) groups excluding carboxylic acids is 1. The first-order valence-corrected chi connectivity index (χ1v) is 10.00. The second-order valence-electron chi connectivity index (χ2n) is 7.28. The molecule has 0 aromatic carbocycles. The Morgan fingerprint density at radius 1 is 1.00 bits per heavy atom. The topological polar surface area (TPSA) is 119 Å². The average Bonchev–Trinajstić information content (AvgIpc) is 2.63. The lowest BCUT2D eigenvalue weighted by molar-refractivity contribution is -0.302. The van der Waals surface area contributed by atoms with Gasteiger partial charge >= 0.3 is 0 Å². The van der Waals surface area contributed by atoms with Crippen molar-refractivity contribution in [2.24, 2.45) is 0 Å². The Morgan fingerprint density at radius 2 is 1.54 bits per heavy atom. The summed E-state index contributed by atoms with van der Waals surface area (Å²) < 4.78 is 5.29. The minimum atomic E-state index is -2.25. The Hall–Kier alpha value is -0.570. The Morgan fingerprint density at radius 3 is 2.04 bits per heavy atom. The van der Waals surface area contributed by atoms with Crippen molar-refractivity contribution in [1.29, 1.82) is 0 Å². The molecule has 154 valence electrons. The number of ketones is 1. The van der Waals surface area contributed by atoms with E-state index in [0.29, 0.717) is 6.42 Å². The van der Waals surface area contributed by atoms with Crippen LogP contribution in [-0.2, 0) is 9.53 Å². The van der Waals surface area contributed by atoms with Gasteiger partial charge in [-0.2, -0.15) is 0 Å². The molecule has 0 bridgehead atoms. The summed E-state index contributed by atoms with van der Waals surface area (Å²) in [6.45, 7) is 1.60. The van der Waals surface area contributed by atoms with Gasteiger partial charge in [0, 0.05) is 6.42 Å². The highest BCUT2D eigenvalue weighted by molar-refractivity contribution is 5.86. The van der Waals surface area contributed by atoms with E-state index in [2.05, 4.69) is 12.2 Å². The van der Waals surface area contributed by atoms with Crippen molar-refractivity contribution in [3.8, 4) is 0 Å². The van der Waals surface area contributed by atoms with Crippen LogP contribution in [0.15, 0.2) is 0 Å². The molecule has 1 unspecified atom stereocenters. The number of rotatable bonds is 13. The van der Waals surface area contributed by atoms with Crippen molar-refractivity contribution in [1.82, 2.24) is 5.32 Å². The fraction of sp³-hybridized carbons (Fsp3) is 0.947. The lowest BCUT2D eigenvalue weighted by Gasteiger charge is -2.46. The quantitative estimate of drug-likeness (QED) is 0.303. The van der Waals surface area contributed by atoms with Crippen molar-refractivity contribution < 1.29 is 30.0 Å². The molecule has 1 rings (SSSR count). The number of aliphatic hydroxyl groups excluding tert-OH is 3. The predicted molar refractivity (Wildman–Crippen MR) is 98.6 cm³/mol. The lowest BCUT2D eigenvalue weighted by Crippen LogP contribution is -2.71. The SMILES string of the molecule is CCCCCCCCCCCC(=O)C1(O)O[C@H](CO)[C@@H](O)[C@H](O)[C@H]1NC. The highest BCUT2D eigenvalue weighted by atomic mass is 16.7. The van der Waals surface area contributed by atoms with Gasteiger partial charge in [0.25, 0.3) is 0 Å². The normalized spacial score (nSPS) is 31.9. The molecule has 7 heteroatoms. The molecule has 0 amide bonds. The van der Waals surface area contributed by atoms with E-state index in [1.54, 1.807) is 0 Å². The van der Waals surface area contributed by atoms with E-state index in [4.69, 9.17) is 4.74 Å². The number of aliphatic hydroxyl groups is 4. The van der Waals surface area contributed by atoms with Crippen LogP contribution in [0.1, 0.15) is 71.1 Å². The molecule has 1 saturated heterocycles. The molecular formula is C19H37NO6. The summed E-state index contributed by atoms with van der Waals surface area (Å²) in [4.78, 5) is 12.5. The Labute approximate surface area is 156 Å². The molecule has 1 aliphatic heterocycles. The Balaban J connectivity index is 2.41. The maximum Gasteiger partial charge on any atom is 0.245 e. The average molecular weight is 376 g/mol. The zero-order valence-electron chi connectivity index (χ0n) is 16.2. The van der Waals surface area contributed by atoms with Crippen LogP contribution >= 0.6 is 0 Å². The molecule has 1 aliphatic rings. The third kappa shape index (κ3) is 6.25. The second kappa shape index (κ2) is 12.0. The van der Waals surface area contributed by atoms with Gasteiger partial charge in [0.1, 0.15) is 18.3 Å². The summed E-state index contributed by atoms with van der Waals surface area (Å²) in [6, 6.07) is -1.15. The van der Waals surface area contributed by atoms with Crippen LogP contribution in [0.2, 0.25) is 0 Å². The van der Waals surface area contributed by atoms with Gasteiger partial charge in [-0.05, 0) is 13.5 Å². The van der Waals surface area contributed by atoms with Crippen molar-refractivity contribution in [3.05, 3.63) is 0 Å². The van der Waals surface area contributed by atoms with Crippen LogP contribution in [0, 0.1) is 0 Å². The van der Waals surface area contributed by atoms with E-state index >= 15 is 0 Å². The van der Waals surface area contributed by atoms with Gasteiger partial charge < -0.3 is 30.5 Å². The van der Waals surface area contributed by atoms with Gasteiger partial charge in [0.05, 0.1) is 12.6 Å². The molecule has 1 fully saturated rings. The van der Waals surface area contributed by atoms with Crippen LogP contribution in [0.4, 0.5) is 0 Å². The van der Waals surface area contributed by atoms with E-state index in [-0.39, 0.29) is 6.42 Å². The number of hydrogen-bond donors (Lipinski definition) is 5. The molecule has 0 radical (unpaired) electrons. The summed E-state index contributed by atoms with van der Waals surface area (Å²) in [5.74, 6) is -2.79. The third-order valence-electron chi connectivity index (χ3n) is 5.22. The lowest BCUT2D eigenvalue weighted by atomic mass is 9.86. The van der Waals surface area contributed by atoms with Gasteiger partial charge in [0.15, 0.2) is 5.78 Å². The number of unbranched alkanes of at least 4 members (excludes halogenated alkanes) is 8. The third-order valence-corrected chi connectivity index (χ3v) is 5.22. The number of ether oxygens (including phenoxy) is 1. The summed E-state index contributed by atoms with van der Waals surface area (Å²) in [6.07, 6.45) is 6.15. The van der Waals surface area contributed by atoms with Gasteiger partial charge in [-0.25, -0.2) is 0 Å². The smallest absolute Gasteiger partial charge is 0.245 e. The Bertz CT molecular complexity index is 407. The van der Waals surface area contributed by atoms with E-state index in [1.807, 2.05) is 0 Å². The minimum Gasteiger partial charge on any atom is -0.394 e. The number of nitrogens with one attached hydrogen (secondary N) is 1. The number of carbonyl (C=O) groups is 1. The first-order chi connectivity index (χ1) is 12.4. The molecule has 1 heterocycles. The predicted octanol–water partition coefficient (Wildman–Crippen LogP) is 0.866. The Kier molecular flexibility index (Phi) is 10.8. The van der Waals surface area contributed by atoms with Crippen molar-refractivity contribution >= 4 is 5.78 Å². The number of likely N-dealkylation sites (N-methyl/N-ethyl adjacent to an activating group) is 1. The number of hydrogen-bond acceptors (Lipinski definition) is 7. The van der Waals surface area contributed by atoms with Crippen LogP contribution < -0.4 is 5.32 Å². The van der Waals surface area contributed by atoms with Crippen LogP contribution in [-0.4, -0.2) is 70.0 Å². The first-order valence-electron chi connectivity index (χ1n) is 10.00. The standard InChI is InChI=1S/C19H37NO6/c1-3-4-5-6-7-8-9-10-11-12-15(22)19(25)18(20-2)17(24)16(23)14(13-21)26-19/h14,16-18,20-21,23-25H,3-13H2,1-2H3/t14-,16-,17+,18-,19?/m1/s1. The maximum absolute atomic E-state index is 12.5. The van der Waals surface area contributed by atoms with Crippen molar-refractivity contribution in [3.63, 3.8) is 0 Å². The summed E-state index contributed by atoms with van der Waals surface area (Å²) >= 11 is 0. The van der Waals surface area contributed by atoms with E-state index < -0.39 is 42.5 Å². The number of Topliss-reactive ketones (excluding diaryl/α,β-unsaturated/α-hetero) is 1. The fourth-order valence-corrected chi connectivity index (χ4v) is 3.55. The van der Waals surface area contributed by atoms with Crippen molar-refractivity contribution in [2.75, 3.05) is 13.7 Å². The first kappa shape index (κ1) is 23.5. The van der Waals surface area contributed by atoms with Crippen LogP contribution in [0.5, 0.6) is 0 Å². The largest absolute Gasteiger partial charge is 0.394 e. The molecule has 0 spiro atoms. The zero-order chi connectivity index (χ0) is 19.6. The van der Waals surface area contributed by atoms with E-state index in [0.717, 1.165) is 19.3 Å². The highest BCUT2D eigenvalue weighted by Gasteiger charge is 2.56. The molecular weight excluding hydrogens is 338 g/mol. The molecule has 0 saturated carbocycles. The highest BCUT2D eigenvalue weighted by Crippen LogP contribution is 2.30. The van der Waals surface area contributed by atoms with E-state index in [9.17, 15) is 25.2 Å². The van der Waals surface area contributed by atoms with Crippen LogP contribution in [0.25, 0.3) is 0 Å². The maximum atomic E-state index is 12.5. The van der Waals surface area contributed by atoms with Gasteiger partial charge in [0.2, 0.25) is 5.79 Å². The van der Waals surface area contributed by atoms with Crippen molar-refractivity contribution in [2.45, 2.75) is 101 Å². The fourth-order valence-electron chi connectivity index (χ4n) is 3.55. The summed E-state index contributed by atoms with van der Waals surface area (Å²) in [7, 11) is 1.47. The van der Waals surface area contributed by atoms with Gasteiger partial charge in [-0.3, -0.25) is 4.79 Å². The minimum absolute atomic E-state index is 0.130. The molecule has 5 atom stereocenters.